The fourth-order valence-corrected chi connectivity index (χ4v) is 15.9. The Balaban J connectivity index is 1.06. The van der Waals surface area contributed by atoms with Gasteiger partial charge in [-0.05, 0) is 180 Å². The molecule has 5 heterocycles. The Kier molecular flexibility index (Phi) is 11.1. The minimum atomic E-state index is -0.161. The number of anilines is 5. The number of aromatic nitrogens is 1. The maximum absolute atomic E-state index is 7.44. The zero-order valence-electron chi connectivity index (χ0n) is 52.2. The van der Waals surface area contributed by atoms with Crippen molar-refractivity contribution >= 4 is 121 Å². The van der Waals surface area contributed by atoms with Crippen molar-refractivity contribution in [1.82, 2.24) is 4.57 Å². The van der Waals surface area contributed by atoms with Gasteiger partial charge in [-0.25, -0.2) is 0 Å². The molecular formula is C78H78BN3OS. The summed E-state index contributed by atoms with van der Waals surface area (Å²) in [5, 5.41) is 7.41. The van der Waals surface area contributed by atoms with Crippen molar-refractivity contribution in [3.63, 3.8) is 0 Å². The highest BCUT2D eigenvalue weighted by Crippen LogP contribution is 2.56. The first-order valence-corrected chi connectivity index (χ1v) is 31.5. The fraction of sp³-hybridized carbons (Fsp3) is 0.308. The molecule has 15 rings (SSSR count). The van der Waals surface area contributed by atoms with Gasteiger partial charge in [-0.1, -0.05) is 184 Å². The van der Waals surface area contributed by atoms with Gasteiger partial charge in [0.25, 0.3) is 0 Å². The normalized spacial score (nSPS) is 15.7. The molecule has 0 atom stereocenters. The predicted molar refractivity (Wildman–Crippen MR) is 365 cm³/mol. The first-order chi connectivity index (χ1) is 39.7. The molecule has 0 fully saturated rings. The van der Waals surface area contributed by atoms with Gasteiger partial charge in [0, 0.05) is 76.0 Å². The fourth-order valence-electron chi connectivity index (χ4n) is 14.8. The molecule has 0 radical (unpaired) electrons. The number of fused-ring (bicyclic) bond motifs is 17. The lowest BCUT2D eigenvalue weighted by Gasteiger charge is -2.43. The van der Waals surface area contributed by atoms with E-state index in [4.69, 9.17) is 4.42 Å². The molecule has 0 unspecified atom stereocenters. The average Bonchev–Trinajstić information content (AvgIpc) is 1.42. The Morgan fingerprint density at radius 1 is 0.488 bits per heavy atom. The van der Waals surface area contributed by atoms with Crippen LogP contribution in [0.15, 0.2) is 162 Å². The van der Waals surface area contributed by atoms with E-state index in [1.807, 2.05) is 11.3 Å². The summed E-state index contributed by atoms with van der Waals surface area (Å²) in [6.07, 6.45) is 2.30. The molecule has 9 aromatic carbocycles. The van der Waals surface area contributed by atoms with Crippen LogP contribution in [0.3, 0.4) is 0 Å². The van der Waals surface area contributed by atoms with Gasteiger partial charge in [0.2, 0.25) is 0 Å². The summed E-state index contributed by atoms with van der Waals surface area (Å²) in [6.45, 7) is 37.5. The maximum atomic E-state index is 7.44. The molecule has 420 valence electrons. The van der Waals surface area contributed by atoms with Crippen molar-refractivity contribution in [3.05, 3.63) is 191 Å². The number of rotatable bonds is 4. The minimum absolute atomic E-state index is 0.00322. The van der Waals surface area contributed by atoms with Gasteiger partial charge in [0.1, 0.15) is 11.2 Å². The Morgan fingerprint density at radius 2 is 1.04 bits per heavy atom. The van der Waals surface area contributed by atoms with Gasteiger partial charge in [0.05, 0.1) is 16.4 Å². The van der Waals surface area contributed by atoms with Crippen LogP contribution < -0.4 is 20.6 Å². The molecule has 1 aliphatic carbocycles. The van der Waals surface area contributed by atoms with Gasteiger partial charge in [-0.2, -0.15) is 0 Å². The molecule has 0 amide bonds. The van der Waals surface area contributed by atoms with Gasteiger partial charge in [-0.15, -0.1) is 11.3 Å². The number of hydrogen-bond acceptors (Lipinski definition) is 4. The molecule has 0 saturated heterocycles. The van der Waals surface area contributed by atoms with Crippen LogP contribution in [-0.2, 0) is 32.5 Å². The summed E-state index contributed by atoms with van der Waals surface area (Å²) < 4.78 is 12.7. The number of benzene rings is 9. The van der Waals surface area contributed by atoms with E-state index in [2.05, 4.69) is 283 Å². The van der Waals surface area contributed by atoms with E-state index < -0.39 is 0 Å². The lowest BCUT2D eigenvalue weighted by Crippen LogP contribution is -2.60. The zero-order valence-corrected chi connectivity index (χ0v) is 53.0. The number of thiophene rings is 1. The quantitative estimate of drug-likeness (QED) is 0.164. The SMILES string of the molecule is CC(C)(C)c1ccc(N2B3c4cc(C(C)(C)C)ccc4-n4c5cc6c(cc5c5c7oc8ccccc8c7c(c3c54)-c3cc4c(cc32)sc2cc(N(c3ccc(C(C)(C)C)cc3)c3ccc(C(C)(C)C)cc3)ccc24)C(C)(C)CCC6(C)C)cc1. The molecular weight excluding hydrogens is 1040 g/mol. The van der Waals surface area contributed by atoms with E-state index in [0.717, 1.165) is 46.5 Å². The molecule has 12 aromatic rings. The highest BCUT2D eigenvalue weighted by atomic mass is 32.1. The van der Waals surface area contributed by atoms with Gasteiger partial charge >= 0.3 is 6.85 Å². The smallest absolute Gasteiger partial charge is 0.333 e. The number of furan rings is 1. The number of nitrogens with zero attached hydrogens (tertiary/aromatic N) is 3. The van der Waals surface area contributed by atoms with Crippen molar-refractivity contribution in [1.29, 1.82) is 0 Å². The predicted octanol–water partition coefficient (Wildman–Crippen LogP) is 21.3. The molecule has 3 aliphatic rings. The second-order valence-electron chi connectivity index (χ2n) is 30.5. The third kappa shape index (κ3) is 7.84. The molecule has 84 heavy (non-hydrogen) atoms. The van der Waals surface area contributed by atoms with Gasteiger partial charge in [0.15, 0.2) is 0 Å². The summed E-state index contributed by atoms with van der Waals surface area (Å²) in [6, 6.07) is 61.8. The van der Waals surface area contributed by atoms with Crippen molar-refractivity contribution in [2.75, 3.05) is 9.71 Å². The first-order valence-electron chi connectivity index (χ1n) is 30.7. The van der Waals surface area contributed by atoms with E-state index in [1.54, 1.807) is 0 Å². The standard InChI is InChI=1S/C78H78BN3OS/c1-73(2,3)45-21-28-49(29-22-45)80(50-30-23-46(24-31-50)74(4,5)6)52-34-35-53-55-41-56-63(44-66(55)84-65(53)40-52)82(51-32-25-47(26-33-51)75(7,8)9)79-60-39-48(76(10,11)12)27-36-61(60)81-62-43-59-58(77(13,14)37-38-78(59,15)16)42-57(62)69-71(81)70(79)67(56)68-54-19-17-18-20-64(54)83-72(68)69/h17-36,39-44H,37-38H2,1-16H3. The largest absolute Gasteiger partial charge is 0.455 e. The van der Waals surface area contributed by atoms with Crippen LogP contribution >= 0.6 is 11.3 Å². The van der Waals surface area contributed by atoms with E-state index in [9.17, 15) is 0 Å². The third-order valence-corrected chi connectivity index (χ3v) is 21.0. The Labute approximate surface area is 501 Å². The van der Waals surface area contributed by atoms with Crippen LogP contribution in [0.4, 0.5) is 28.4 Å². The van der Waals surface area contributed by atoms with Crippen molar-refractivity contribution < 1.29 is 4.42 Å². The highest BCUT2D eigenvalue weighted by Gasteiger charge is 2.48. The molecule has 0 saturated carbocycles. The summed E-state index contributed by atoms with van der Waals surface area (Å²) in [4.78, 5) is 5.18. The summed E-state index contributed by atoms with van der Waals surface area (Å²) in [5.41, 5.74) is 25.0. The Hall–Kier alpha value is -7.54. The lowest BCUT2D eigenvalue weighted by molar-refractivity contribution is 0.332. The highest BCUT2D eigenvalue weighted by molar-refractivity contribution is 7.26. The summed E-state index contributed by atoms with van der Waals surface area (Å²) in [7, 11) is 0. The van der Waals surface area contributed by atoms with Crippen LogP contribution in [0, 0.1) is 0 Å². The molecule has 0 bridgehead atoms. The van der Waals surface area contributed by atoms with Crippen LogP contribution in [0.2, 0.25) is 0 Å². The van der Waals surface area contributed by atoms with Crippen molar-refractivity contribution in [2.45, 2.75) is 156 Å². The minimum Gasteiger partial charge on any atom is -0.455 e. The Morgan fingerprint density at radius 3 is 1.64 bits per heavy atom. The first kappa shape index (κ1) is 53.2. The van der Waals surface area contributed by atoms with Crippen LogP contribution in [0.25, 0.3) is 80.7 Å². The van der Waals surface area contributed by atoms with E-state index >= 15 is 0 Å². The summed E-state index contributed by atoms with van der Waals surface area (Å²) >= 11 is 1.91. The third-order valence-electron chi connectivity index (χ3n) is 19.9. The van der Waals surface area contributed by atoms with E-state index in [0.29, 0.717) is 0 Å². The van der Waals surface area contributed by atoms with Gasteiger partial charge in [-0.3, -0.25) is 0 Å². The van der Waals surface area contributed by atoms with E-state index in [1.165, 1.54) is 120 Å². The Bertz CT molecular complexity index is 4690. The zero-order chi connectivity index (χ0) is 58.7. The monoisotopic (exact) mass is 1120 g/mol. The molecule has 0 spiro atoms. The van der Waals surface area contributed by atoms with Crippen LogP contribution in [-0.4, -0.2) is 11.4 Å². The maximum Gasteiger partial charge on any atom is 0.333 e. The molecule has 2 aliphatic heterocycles. The average molecular weight is 1120 g/mol. The van der Waals surface area contributed by atoms with Crippen LogP contribution in [0.5, 0.6) is 0 Å². The van der Waals surface area contributed by atoms with Crippen molar-refractivity contribution in [3.8, 4) is 16.8 Å². The second-order valence-corrected chi connectivity index (χ2v) is 31.6. The van der Waals surface area contributed by atoms with Crippen molar-refractivity contribution in [2.24, 2.45) is 0 Å². The van der Waals surface area contributed by atoms with E-state index in [-0.39, 0.29) is 39.3 Å². The topological polar surface area (TPSA) is 24.6 Å². The number of para-hydroxylation sites is 1. The van der Waals surface area contributed by atoms with Gasteiger partial charge < -0.3 is 18.7 Å². The molecule has 6 heteroatoms. The van der Waals surface area contributed by atoms with Crippen LogP contribution in [0.1, 0.15) is 157 Å². The molecule has 0 N–H and O–H groups in total. The number of hydrogen-bond donors (Lipinski definition) is 0. The second kappa shape index (κ2) is 17.5. The molecule has 3 aromatic heterocycles. The lowest BCUT2D eigenvalue weighted by atomic mass is 9.43. The molecule has 4 nitrogen and oxygen atoms in total. The summed E-state index contributed by atoms with van der Waals surface area (Å²) in [5.74, 6) is 0.